The molecule has 0 amide bonds. The van der Waals surface area contributed by atoms with Crippen LogP contribution in [0.1, 0.15) is 40.0 Å². The Morgan fingerprint density at radius 3 is 2.43 bits per heavy atom. The Hall–Kier alpha value is -1.17. The third-order valence-electron chi connectivity index (χ3n) is 7.63. The highest BCUT2D eigenvalue weighted by atomic mass is 19.1. The maximum absolute atomic E-state index is 13.1. The fourth-order valence-corrected chi connectivity index (χ4v) is 6.07. The van der Waals surface area contributed by atoms with Crippen molar-refractivity contribution >= 4 is 5.69 Å². The van der Waals surface area contributed by atoms with Crippen molar-refractivity contribution in [2.45, 2.75) is 52.2 Å². The summed E-state index contributed by atoms with van der Waals surface area (Å²) in [4.78, 5) is 4.58. The second kappa shape index (κ2) is 7.58. The van der Waals surface area contributed by atoms with Crippen molar-refractivity contribution < 1.29 is 14.2 Å². The summed E-state index contributed by atoms with van der Waals surface area (Å²) >= 11 is 0. The molecule has 3 aliphatic rings. The van der Waals surface area contributed by atoms with Crippen LogP contribution in [0.25, 0.3) is 0 Å². The normalized spacial score (nSPS) is 33.4. The van der Waals surface area contributed by atoms with Gasteiger partial charge in [0, 0.05) is 38.4 Å². The third-order valence-corrected chi connectivity index (χ3v) is 7.63. The van der Waals surface area contributed by atoms with Gasteiger partial charge in [0.1, 0.15) is 5.82 Å². The smallest absolute Gasteiger partial charge is 0.123 e. The maximum Gasteiger partial charge on any atom is 0.123 e. The summed E-state index contributed by atoms with van der Waals surface area (Å²) in [6.07, 6.45) is 3.66. The van der Waals surface area contributed by atoms with Crippen molar-refractivity contribution in [1.82, 2.24) is 4.90 Å². The first kappa shape index (κ1) is 20.1. The van der Waals surface area contributed by atoms with Crippen molar-refractivity contribution in [3.63, 3.8) is 0 Å². The van der Waals surface area contributed by atoms with Gasteiger partial charge in [-0.05, 0) is 60.3 Å². The average Bonchev–Trinajstić information content (AvgIpc) is 3.14. The molecule has 1 N–H and O–H groups in total. The summed E-state index contributed by atoms with van der Waals surface area (Å²) in [7, 11) is 0. The molecule has 1 saturated heterocycles. The van der Waals surface area contributed by atoms with Gasteiger partial charge in [0.2, 0.25) is 0 Å². The van der Waals surface area contributed by atoms with Crippen LogP contribution in [0.15, 0.2) is 24.3 Å². The minimum atomic E-state index is -0.448. The van der Waals surface area contributed by atoms with Crippen molar-refractivity contribution in [1.29, 1.82) is 0 Å². The second-order valence-corrected chi connectivity index (χ2v) is 10.0. The van der Waals surface area contributed by atoms with Crippen LogP contribution < -0.4 is 4.90 Å². The molecule has 2 aliphatic carbocycles. The van der Waals surface area contributed by atoms with Crippen molar-refractivity contribution in [2.75, 3.05) is 44.2 Å². The van der Waals surface area contributed by atoms with Crippen LogP contribution >= 0.6 is 0 Å². The van der Waals surface area contributed by atoms with Crippen LogP contribution in [0, 0.1) is 22.6 Å². The number of piperazine rings is 1. The molecule has 1 aliphatic heterocycles. The van der Waals surface area contributed by atoms with Gasteiger partial charge < -0.3 is 14.7 Å². The van der Waals surface area contributed by atoms with Crippen LogP contribution in [0.2, 0.25) is 0 Å². The van der Waals surface area contributed by atoms with E-state index in [1.54, 1.807) is 0 Å². The lowest BCUT2D eigenvalue weighted by molar-refractivity contribution is -0.113. The molecular weight excluding hydrogens is 355 g/mol. The zero-order valence-electron chi connectivity index (χ0n) is 17.5. The zero-order valence-corrected chi connectivity index (χ0v) is 17.5. The highest BCUT2D eigenvalue weighted by Crippen LogP contribution is 2.63. The van der Waals surface area contributed by atoms with E-state index in [0.29, 0.717) is 13.2 Å². The van der Waals surface area contributed by atoms with Gasteiger partial charge >= 0.3 is 0 Å². The largest absolute Gasteiger partial charge is 0.389 e. The molecular formula is C23H35FN2O2. The molecule has 1 aromatic rings. The van der Waals surface area contributed by atoms with Gasteiger partial charge in [-0.2, -0.15) is 0 Å². The summed E-state index contributed by atoms with van der Waals surface area (Å²) in [5, 5.41) is 10.6. The number of fused-ring (bicyclic) bond motifs is 2. The van der Waals surface area contributed by atoms with E-state index < -0.39 is 6.10 Å². The Balaban J connectivity index is 1.23. The minimum Gasteiger partial charge on any atom is -0.389 e. The van der Waals surface area contributed by atoms with Crippen molar-refractivity contribution in [3.05, 3.63) is 30.1 Å². The number of nitrogens with zero attached hydrogens (tertiary/aromatic N) is 2. The first-order valence-electron chi connectivity index (χ1n) is 10.8. The first-order chi connectivity index (χ1) is 13.3. The van der Waals surface area contributed by atoms with E-state index in [1.807, 2.05) is 12.1 Å². The van der Waals surface area contributed by atoms with E-state index in [2.05, 4.69) is 30.6 Å². The van der Waals surface area contributed by atoms with Gasteiger partial charge in [0.05, 0.1) is 18.8 Å². The standard InChI is InChI=1S/C23H35FN2O2/c1-22(2)17-8-9-23(3,14-17)21(22)28-16-20(27)15-25-10-12-26(13-11-25)19-6-4-18(24)5-7-19/h4-7,17,20-21,27H,8-16H2,1-3H3. The summed E-state index contributed by atoms with van der Waals surface area (Å²) in [5.41, 5.74) is 1.57. The van der Waals surface area contributed by atoms with Crippen LogP contribution in [-0.4, -0.2) is 61.5 Å². The van der Waals surface area contributed by atoms with Gasteiger partial charge in [0.15, 0.2) is 0 Å². The molecule has 156 valence electrons. The topological polar surface area (TPSA) is 35.9 Å². The molecule has 5 heteroatoms. The lowest BCUT2D eigenvalue weighted by Gasteiger charge is -2.43. The summed E-state index contributed by atoms with van der Waals surface area (Å²) in [6.45, 7) is 11.7. The number of halogens is 1. The second-order valence-electron chi connectivity index (χ2n) is 10.0. The van der Waals surface area contributed by atoms with Crippen molar-refractivity contribution in [3.8, 4) is 0 Å². The predicted molar refractivity (Wildman–Crippen MR) is 110 cm³/mol. The van der Waals surface area contributed by atoms with Gasteiger partial charge in [-0.3, -0.25) is 4.90 Å². The van der Waals surface area contributed by atoms with E-state index in [9.17, 15) is 9.50 Å². The van der Waals surface area contributed by atoms with Crippen LogP contribution in [-0.2, 0) is 4.74 Å². The Bertz CT molecular complexity index is 667. The zero-order chi connectivity index (χ0) is 19.9. The highest BCUT2D eigenvalue weighted by molar-refractivity contribution is 5.46. The number of aliphatic hydroxyl groups is 1. The molecule has 3 fully saturated rings. The molecule has 28 heavy (non-hydrogen) atoms. The summed E-state index contributed by atoms with van der Waals surface area (Å²) in [5.74, 6) is 0.567. The number of β-amino-alcohol motifs (C(OH)–C–C–N with tert-alkyl or cyclic N) is 1. The fraction of sp³-hybridized carbons (Fsp3) is 0.739. The molecule has 1 heterocycles. The van der Waals surface area contributed by atoms with E-state index in [1.165, 1.54) is 31.4 Å². The lowest BCUT2D eigenvalue weighted by Crippen LogP contribution is -2.50. The van der Waals surface area contributed by atoms with Gasteiger partial charge in [0.25, 0.3) is 0 Å². The minimum absolute atomic E-state index is 0.196. The molecule has 2 bridgehead atoms. The monoisotopic (exact) mass is 390 g/mol. The number of aliphatic hydroxyl groups excluding tert-OH is 1. The molecule has 0 radical (unpaired) electrons. The van der Waals surface area contributed by atoms with Crippen LogP contribution in [0.4, 0.5) is 10.1 Å². The van der Waals surface area contributed by atoms with Crippen LogP contribution in [0.5, 0.6) is 0 Å². The molecule has 4 atom stereocenters. The van der Waals surface area contributed by atoms with Gasteiger partial charge in [-0.25, -0.2) is 4.39 Å². The highest BCUT2D eigenvalue weighted by Gasteiger charge is 2.60. The number of hydrogen-bond acceptors (Lipinski definition) is 4. The number of benzene rings is 1. The first-order valence-corrected chi connectivity index (χ1v) is 10.8. The third kappa shape index (κ3) is 3.81. The summed E-state index contributed by atoms with van der Waals surface area (Å²) < 4.78 is 19.4. The quantitative estimate of drug-likeness (QED) is 0.806. The number of rotatable bonds is 6. The number of hydrogen-bond donors (Lipinski definition) is 1. The maximum atomic E-state index is 13.1. The van der Waals surface area contributed by atoms with E-state index in [-0.39, 0.29) is 22.8 Å². The number of anilines is 1. The van der Waals surface area contributed by atoms with Gasteiger partial charge in [-0.15, -0.1) is 0 Å². The molecule has 4 unspecified atom stereocenters. The fourth-order valence-electron chi connectivity index (χ4n) is 6.07. The molecule has 2 saturated carbocycles. The van der Waals surface area contributed by atoms with Gasteiger partial charge in [-0.1, -0.05) is 20.8 Å². The average molecular weight is 391 g/mol. The predicted octanol–water partition coefficient (Wildman–Crippen LogP) is 3.54. The molecule has 0 spiro atoms. The van der Waals surface area contributed by atoms with E-state index in [4.69, 9.17) is 4.74 Å². The van der Waals surface area contributed by atoms with E-state index >= 15 is 0 Å². The molecule has 4 nitrogen and oxygen atoms in total. The number of ether oxygens (including phenoxy) is 1. The summed E-state index contributed by atoms with van der Waals surface area (Å²) in [6, 6.07) is 6.71. The van der Waals surface area contributed by atoms with Crippen molar-refractivity contribution in [2.24, 2.45) is 16.7 Å². The Morgan fingerprint density at radius 1 is 1.14 bits per heavy atom. The Labute approximate surface area is 168 Å². The molecule has 0 aromatic heterocycles. The van der Waals surface area contributed by atoms with Crippen LogP contribution in [0.3, 0.4) is 0 Å². The SMILES string of the molecule is CC12CCC(C1)C(C)(C)C2OCC(O)CN1CCN(c2ccc(F)cc2)CC1. The molecule has 1 aromatic carbocycles. The Morgan fingerprint density at radius 2 is 1.82 bits per heavy atom. The van der Waals surface area contributed by atoms with E-state index in [0.717, 1.165) is 37.8 Å². The lowest BCUT2D eigenvalue weighted by atomic mass is 9.70. The Kier molecular flexibility index (Phi) is 5.45. The molecule has 4 rings (SSSR count).